The number of para-hydroxylation sites is 1. The van der Waals surface area contributed by atoms with Gasteiger partial charge in [-0.15, -0.1) is 0 Å². The van der Waals surface area contributed by atoms with Gasteiger partial charge in [-0.3, -0.25) is 9.48 Å². The number of rotatable bonds is 4. The van der Waals surface area contributed by atoms with E-state index in [9.17, 15) is 9.90 Å². The van der Waals surface area contributed by atoms with Gasteiger partial charge in [0.25, 0.3) is 0 Å². The predicted octanol–water partition coefficient (Wildman–Crippen LogP) is 1.85. The van der Waals surface area contributed by atoms with Gasteiger partial charge in [-0.1, -0.05) is 37.5 Å². The number of carbonyl (C=O) groups excluding carboxylic acids is 1. The minimum Gasteiger partial charge on any atom is -0.388 e. The number of hydrogen-bond donors (Lipinski definition) is 2. The lowest BCUT2D eigenvalue weighted by molar-refractivity contribution is -0.123. The zero-order chi connectivity index (χ0) is 14.7. The van der Waals surface area contributed by atoms with Crippen molar-refractivity contribution in [1.29, 1.82) is 0 Å². The molecule has 1 aliphatic carbocycles. The molecule has 1 amide bonds. The number of benzene rings is 1. The van der Waals surface area contributed by atoms with Crippen molar-refractivity contribution in [2.75, 3.05) is 6.54 Å². The second kappa shape index (κ2) is 5.85. The van der Waals surface area contributed by atoms with Crippen LogP contribution in [-0.4, -0.2) is 32.9 Å². The Morgan fingerprint density at radius 3 is 2.86 bits per heavy atom. The smallest absolute Gasteiger partial charge is 0.241 e. The Morgan fingerprint density at radius 1 is 1.29 bits per heavy atom. The molecule has 2 aromatic rings. The van der Waals surface area contributed by atoms with Gasteiger partial charge in [0.1, 0.15) is 6.54 Å². The topological polar surface area (TPSA) is 67.2 Å². The van der Waals surface area contributed by atoms with E-state index in [0.29, 0.717) is 6.54 Å². The molecular weight excluding hydrogens is 266 g/mol. The molecule has 5 heteroatoms. The molecule has 1 aromatic heterocycles. The highest BCUT2D eigenvalue weighted by Gasteiger charge is 2.29. The van der Waals surface area contributed by atoms with Gasteiger partial charge in [-0.25, -0.2) is 0 Å². The third-order valence-corrected chi connectivity index (χ3v) is 4.24. The first-order chi connectivity index (χ1) is 10.2. The maximum atomic E-state index is 12.1. The summed E-state index contributed by atoms with van der Waals surface area (Å²) < 4.78 is 1.69. The Bertz CT molecular complexity index is 629. The van der Waals surface area contributed by atoms with Crippen LogP contribution in [0.15, 0.2) is 30.5 Å². The van der Waals surface area contributed by atoms with Crippen LogP contribution in [-0.2, 0) is 11.3 Å². The summed E-state index contributed by atoms with van der Waals surface area (Å²) in [4.78, 5) is 12.1. The Balaban J connectivity index is 1.59. The molecule has 0 radical (unpaired) electrons. The number of carbonyl (C=O) groups is 1. The normalized spacial score (nSPS) is 17.8. The van der Waals surface area contributed by atoms with E-state index in [1.165, 1.54) is 6.42 Å². The largest absolute Gasteiger partial charge is 0.388 e. The van der Waals surface area contributed by atoms with Crippen molar-refractivity contribution < 1.29 is 9.90 Å². The van der Waals surface area contributed by atoms with Crippen molar-refractivity contribution in [3.05, 3.63) is 30.5 Å². The molecule has 5 nitrogen and oxygen atoms in total. The number of nitrogens with zero attached hydrogens (tertiary/aromatic N) is 2. The predicted molar refractivity (Wildman–Crippen MR) is 80.8 cm³/mol. The van der Waals surface area contributed by atoms with E-state index in [0.717, 1.165) is 36.6 Å². The van der Waals surface area contributed by atoms with Crippen molar-refractivity contribution in [2.45, 2.75) is 44.2 Å². The van der Waals surface area contributed by atoms with Crippen LogP contribution in [0.25, 0.3) is 10.9 Å². The lowest BCUT2D eigenvalue weighted by Gasteiger charge is -2.32. The molecule has 0 atom stereocenters. The maximum Gasteiger partial charge on any atom is 0.241 e. The molecule has 0 aliphatic heterocycles. The molecule has 0 saturated heterocycles. The third-order valence-electron chi connectivity index (χ3n) is 4.24. The summed E-state index contributed by atoms with van der Waals surface area (Å²) in [6.45, 7) is 0.522. The lowest BCUT2D eigenvalue weighted by Crippen LogP contribution is -2.45. The summed E-state index contributed by atoms with van der Waals surface area (Å²) in [5.74, 6) is -0.108. The molecule has 0 bridgehead atoms. The molecule has 1 saturated carbocycles. The first-order valence-corrected chi connectivity index (χ1v) is 7.56. The fourth-order valence-corrected chi connectivity index (χ4v) is 2.99. The number of hydrogen-bond acceptors (Lipinski definition) is 3. The standard InChI is InChI=1S/C16H21N3O2/c20-15(17-12-16(21)8-4-1-5-9-16)11-19-14-7-3-2-6-13(14)10-18-19/h2-3,6-7,10,21H,1,4-5,8-9,11-12H2,(H,17,20). The van der Waals surface area contributed by atoms with Crippen LogP contribution in [0, 0.1) is 0 Å². The molecule has 21 heavy (non-hydrogen) atoms. The number of amides is 1. The van der Waals surface area contributed by atoms with Gasteiger partial charge in [0, 0.05) is 11.9 Å². The molecule has 112 valence electrons. The van der Waals surface area contributed by atoms with Crippen LogP contribution in [0.3, 0.4) is 0 Å². The van der Waals surface area contributed by atoms with Crippen molar-refractivity contribution >= 4 is 16.8 Å². The molecule has 2 N–H and O–H groups in total. The first kappa shape index (κ1) is 14.1. The van der Waals surface area contributed by atoms with Crippen LogP contribution >= 0.6 is 0 Å². The van der Waals surface area contributed by atoms with Gasteiger partial charge in [-0.2, -0.15) is 5.10 Å². The number of nitrogens with one attached hydrogen (secondary N) is 1. The Labute approximate surface area is 124 Å². The molecule has 3 rings (SSSR count). The SMILES string of the molecule is O=C(Cn1ncc2ccccc21)NCC1(O)CCCCC1. The number of aromatic nitrogens is 2. The lowest BCUT2D eigenvalue weighted by atomic mass is 9.85. The summed E-state index contributed by atoms with van der Waals surface area (Å²) in [5.41, 5.74) is 0.226. The van der Waals surface area contributed by atoms with Crippen molar-refractivity contribution in [3.8, 4) is 0 Å². The van der Waals surface area contributed by atoms with E-state index in [4.69, 9.17) is 0 Å². The summed E-state index contributed by atoms with van der Waals surface area (Å²) in [5, 5.41) is 18.5. The highest BCUT2D eigenvalue weighted by Crippen LogP contribution is 2.27. The molecule has 1 aliphatic rings. The monoisotopic (exact) mass is 287 g/mol. The highest BCUT2D eigenvalue weighted by molar-refractivity contribution is 5.81. The van der Waals surface area contributed by atoms with Crippen LogP contribution < -0.4 is 5.32 Å². The number of fused-ring (bicyclic) bond motifs is 1. The molecule has 0 unspecified atom stereocenters. The van der Waals surface area contributed by atoms with Crippen molar-refractivity contribution in [3.63, 3.8) is 0 Å². The van der Waals surface area contributed by atoms with E-state index >= 15 is 0 Å². The Hall–Kier alpha value is -1.88. The van der Waals surface area contributed by atoms with Crippen molar-refractivity contribution in [1.82, 2.24) is 15.1 Å². The second-order valence-corrected chi connectivity index (χ2v) is 5.92. The van der Waals surface area contributed by atoms with Crippen LogP contribution in [0.1, 0.15) is 32.1 Å². The number of aliphatic hydroxyl groups is 1. The Kier molecular flexibility index (Phi) is 3.92. The van der Waals surface area contributed by atoms with E-state index in [-0.39, 0.29) is 12.5 Å². The van der Waals surface area contributed by atoms with Crippen LogP contribution in [0.2, 0.25) is 0 Å². The van der Waals surface area contributed by atoms with Crippen LogP contribution in [0.5, 0.6) is 0 Å². The molecule has 1 heterocycles. The van der Waals surface area contributed by atoms with Crippen LogP contribution in [0.4, 0.5) is 0 Å². The zero-order valence-electron chi connectivity index (χ0n) is 12.1. The van der Waals surface area contributed by atoms with Gasteiger partial charge >= 0.3 is 0 Å². The summed E-state index contributed by atoms with van der Waals surface area (Å²) >= 11 is 0. The summed E-state index contributed by atoms with van der Waals surface area (Å²) in [7, 11) is 0. The molecular formula is C16H21N3O2. The fourth-order valence-electron chi connectivity index (χ4n) is 2.99. The van der Waals surface area contributed by atoms with E-state index < -0.39 is 5.60 Å². The molecule has 1 aromatic carbocycles. The average Bonchev–Trinajstić information content (AvgIpc) is 2.90. The zero-order valence-corrected chi connectivity index (χ0v) is 12.1. The average molecular weight is 287 g/mol. The second-order valence-electron chi connectivity index (χ2n) is 5.92. The fraction of sp³-hybridized carbons (Fsp3) is 0.500. The van der Waals surface area contributed by atoms with Gasteiger partial charge in [-0.05, 0) is 18.9 Å². The van der Waals surface area contributed by atoms with E-state index in [2.05, 4.69) is 10.4 Å². The summed E-state index contributed by atoms with van der Waals surface area (Å²) in [6, 6.07) is 7.81. The van der Waals surface area contributed by atoms with Gasteiger partial charge in [0.2, 0.25) is 5.91 Å². The van der Waals surface area contributed by atoms with Gasteiger partial charge < -0.3 is 10.4 Å². The minimum atomic E-state index is -0.722. The first-order valence-electron chi connectivity index (χ1n) is 7.56. The molecule has 0 spiro atoms. The van der Waals surface area contributed by atoms with Crippen molar-refractivity contribution in [2.24, 2.45) is 0 Å². The third kappa shape index (κ3) is 3.24. The quantitative estimate of drug-likeness (QED) is 0.902. The highest BCUT2D eigenvalue weighted by atomic mass is 16.3. The van der Waals surface area contributed by atoms with E-state index in [1.54, 1.807) is 10.9 Å². The summed E-state index contributed by atoms with van der Waals surface area (Å²) in [6.07, 6.45) is 6.56. The minimum absolute atomic E-state index is 0.108. The molecule has 1 fully saturated rings. The van der Waals surface area contributed by atoms with Gasteiger partial charge in [0.05, 0.1) is 17.3 Å². The maximum absolute atomic E-state index is 12.1. The Morgan fingerprint density at radius 2 is 2.05 bits per heavy atom. The van der Waals surface area contributed by atoms with Gasteiger partial charge in [0.15, 0.2) is 0 Å². The van der Waals surface area contributed by atoms with E-state index in [1.807, 2.05) is 24.3 Å².